The summed E-state index contributed by atoms with van der Waals surface area (Å²) in [6, 6.07) is 12.2. The van der Waals surface area contributed by atoms with Crippen LogP contribution in [-0.4, -0.2) is 0 Å². The Hall–Kier alpha value is -1.87. The fourth-order valence-electron chi connectivity index (χ4n) is 1.76. The number of aryl methyl sites for hydroxylation is 1. The highest BCUT2D eigenvalue weighted by molar-refractivity contribution is 5.39. The summed E-state index contributed by atoms with van der Waals surface area (Å²) in [5, 5.41) is 0. The molecule has 0 heterocycles. The molecule has 94 valence electrons. The van der Waals surface area contributed by atoms with Gasteiger partial charge in [0, 0.05) is 12.1 Å². The van der Waals surface area contributed by atoms with Gasteiger partial charge in [-0.1, -0.05) is 19.1 Å². The first-order valence-electron chi connectivity index (χ1n) is 5.98. The number of rotatable bonds is 4. The second-order valence-electron chi connectivity index (χ2n) is 4.06. The van der Waals surface area contributed by atoms with Crippen molar-refractivity contribution in [3.8, 4) is 11.5 Å². The van der Waals surface area contributed by atoms with Crippen molar-refractivity contribution >= 4 is 0 Å². The maximum atomic E-state index is 13.1. The van der Waals surface area contributed by atoms with E-state index >= 15 is 0 Å². The van der Waals surface area contributed by atoms with E-state index in [1.54, 1.807) is 6.07 Å². The lowest BCUT2D eigenvalue weighted by molar-refractivity contribution is 0.473. The number of hydrogen-bond donors (Lipinski definition) is 1. The standard InChI is InChI=1S/C15H16FNO/c1-2-11-4-3-5-14(8-11)18-15-7-6-13(16)9-12(15)10-17/h3-9H,2,10,17H2,1H3. The first-order chi connectivity index (χ1) is 8.72. The molecule has 0 unspecified atom stereocenters. The maximum Gasteiger partial charge on any atom is 0.132 e. The molecule has 0 amide bonds. The molecule has 0 saturated heterocycles. The summed E-state index contributed by atoms with van der Waals surface area (Å²) in [6.07, 6.45) is 0.949. The van der Waals surface area contributed by atoms with Crippen molar-refractivity contribution in [3.05, 3.63) is 59.4 Å². The molecule has 2 aromatic carbocycles. The monoisotopic (exact) mass is 245 g/mol. The van der Waals surface area contributed by atoms with E-state index in [1.165, 1.54) is 17.7 Å². The van der Waals surface area contributed by atoms with Crippen LogP contribution in [0.1, 0.15) is 18.1 Å². The van der Waals surface area contributed by atoms with E-state index in [0.29, 0.717) is 11.3 Å². The molecular formula is C15H16FNO. The summed E-state index contributed by atoms with van der Waals surface area (Å²) in [6.45, 7) is 2.34. The molecule has 2 nitrogen and oxygen atoms in total. The highest BCUT2D eigenvalue weighted by Gasteiger charge is 2.05. The number of hydrogen-bond acceptors (Lipinski definition) is 2. The molecule has 0 aliphatic heterocycles. The van der Waals surface area contributed by atoms with E-state index in [0.717, 1.165) is 12.2 Å². The average molecular weight is 245 g/mol. The Morgan fingerprint density at radius 1 is 1.17 bits per heavy atom. The zero-order chi connectivity index (χ0) is 13.0. The third kappa shape index (κ3) is 2.87. The van der Waals surface area contributed by atoms with Gasteiger partial charge in [0.25, 0.3) is 0 Å². The van der Waals surface area contributed by atoms with Crippen molar-refractivity contribution in [2.75, 3.05) is 0 Å². The van der Waals surface area contributed by atoms with Gasteiger partial charge >= 0.3 is 0 Å². The lowest BCUT2D eigenvalue weighted by atomic mass is 10.1. The van der Waals surface area contributed by atoms with Crippen molar-refractivity contribution in [2.24, 2.45) is 5.73 Å². The zero-order valence-corrected chi connectivity index (χ0v) is 10.3. The number of benzene rings is 2. The van der Waals surface area contributed by atoms with Crippen LogP contribution in [0.4, 0.5) is 4.39 Å². The third-order valence-corrected chi connectivity index (χ3v) is 2.78. The second kappa shape index (κ2) is 5.65. The molecule has 0 bridgehead atoms. The SMILES string of the molecule is CCc1cccc(Oc2ccc(F)cc2CN)c1. The molecule has 0 aromatic heterocycles. The number of halogens is 1. The maximum absolute atomic E-state index is 13.1. The largest absolute Gasteiger partial charge is 0.457 e. The lowest BCUT2D eigenvalue weighted by Gasteiger charge is -2.10. The molecule has 0 aliphatic carbocycles. The summed E-state index contributed by atoms with van der Waals surface area (Å²) in [4.78, 5) is 0. The molecule has 0 saturated carbocycles. The Bertz CT molecular complexity index is 540. The van der Waals surface area contributed by atoms with E-state index in [9.17, 15) is 4.39 Å². The van der Waals surface area contributed by atoms with E-state index in [2.05, 4.69) is 6.92 Å². The number of ether oxygens (including phenoxy) is 1. The molecule has 0 radical (unpaired) electrons. The molecule has 0 atom stereocenters. The normalized spacial score (nSPS) is 10.4. The van der Waals surface area contributed by atoms with Gasteiger partial charge in [0.05, 0.1) is 0 Å². The molecular weight excluding hydrogens is 229 g/mol. The fraction of sp³-hybridized carbons (Fsp3) is 0.200. The Labute approximate surface area is 106 Å². The van der Waals surface area contributed by atoms with Gasteiger partial charge in [-0.05, 0) is 42.3 Å². The van der Waals surface area contributed by atoms with Gasteiger partial charge < -0.3 is 10.5 Å². The van der Waals surface area contributed by atoms with Crippen molar-refractivity contribution < 1.29 is 9.13 Å². The van der Waals surface area contributed by atoms with Crippen LogP contribution in [-0.2, 0) is 13.0 Å². The molecule has 3 heteroatoms. The average Bonchev–Trinajstić information content (AvgIpc) is 2.41. The zero-order valence-electron chi connectivity index (χ0n) is 10.3. The predicted octanol–water partition coefficient (Wildman–Crippen LogP) is 3.64. The van der Waals surface area contributed by atoms with Crippen molar-refractivity contribution in [3.63, 3.8) is 0 Å². The molecule has 0 aliphatic rings. The first kappa shape index (κ1) is 12.6. The Balaban J connectivity index is 2.27. The summed E-state index contributed by atoms with van der Waals surface area (Å²) in [7, 11) is 0. The minimum atomic E-state index is -0.301. The van der Waals surface area contributed by atoms with E-state index in [4.69, 9.17) is 10.5 Å². The van der Waals surface area contributed by atoms with Gasteiger partial charge in [-0.2, -0.15) is 0 Å². The van der Waals surface area contributed by atoms with E-state index in [1.807, 2.05) is 24.3 Å². The van der Waals surface area contributed by atoms with Crippen molar-refractivity contribution in [2.45, 2.75) is 19.9 Å². The predicted molar refractivity (Wildman–Crippen MR) is 70.2 cm³/mol. The minimum Gasteiger partial charge on any atom is -0.457 e. The summed E-state index contributed by atoms with van der Waals surface area (Å²) in [5.74, 6) is 1.05. The van der Waals surface area contributed by atoms with Gasteiger partial charge in [0.2, 0.25) is 0 Å². The Morgan fingerprint density at radius 2 is 2.00 bits per heavy atom. The minimum absolute atomic E-state index is 0.251. The van der Waals surface area contributed by atoms with Crippen LogP contribution in [0.25, 0.3) is 0 Å². The van der Waals surface area contributed by atoms with Crippen molar-refractivity contribution in [1.82, 2.24) is 0 Å². The summed E-state index contributed by atoms with van der Waals surface area (Å²) < 4.78 is 18.8. The van der Waals surface area contributed by atoms with Crippen molar-refractivity contribution in [1.29, 1.82) is 0 Å². The smallest absolute Gasteiger partial charge is 0.132 e. The van der Waals surface area contributed by atoms with Gasteiger partial charge in [-0.15, -0.1) is 0 Å². The first-order valence-corrected chi connectivity index (χ1v) is 5.98. The third-order valence-electron chi connectivity index (χ3n) is 2.78. The molecule has 2 rings (SSSR count). The number of nitrogens with two attached hydrogens (primary N) is 1. The highest BCUT2D eigenvalue weighted by Crippen LogP contribution is 2.26. The van der Waals surface area contributed by atoms with Gasteiger partial charge in [-0.3, -0.25) is 0 Å². The van der Waals surface area contributed by atoms with Gasteiger partial charge in [0.15, 0.2) is 0 Å². The molecule has 0 spiro atoms. The van der Waals surface area contributed by atoms with E-state index < -0.39 is 0 Å². The van der Waals surface area contributed by atoms with Crippen LogP contribution in [0.3, 0.4) is 0 Å². The molecule has 2 N–H and O–H groups in total. The van der Waals surface area contributed by atoms with Crippen LogP contribution < -0.4 is 10.5 Å². The second-order valence-corrected chi connectivity index (χ2v) is 4.06. The topological polar surface area (TPSA) is 35.2 Å². The van der Waals surface area contributed by atoms with E-state index in [-0.39, 0.29) is 12.4 Å². The van der Waals surface area contributed by atoms with Gasteiger partial charge in [0.1, 0.15) is 17.3 Å². The van der Waals surface area contributed by atoms with Crippen LogP contribution in [0.15, 0.2) is 42.5 Å². The van der Waals surface area contributed by atoms with Gasteiger partial charge in [-0.25, -0.2) is 4.39 Å². The van der Waals surface area contributed by atoms with Crippen LogP contribution >= 0.6 is 0 Å². The highest BCUT2D eigenvalue weighted by atomic mass is 19.1. The quantitative estimate of drug-likeness (QED) is 0.892. The molecule has 18 heavy (non-hydrogen) atoms. The summed E-state index contributed by atoms with van der Waals surface area (Å²) in [5.41, 5.74) is 7.44. The lowest BCUT2D eigenvalue weighted by Crippen LogP contribution is -2.00. The summed E-state index contributed by atoms with van der Waals surface area (Å²) >= 11 is 0. The molecule has 2 aromatic rings. The molecule has 0 fully saturated rings. The fourth-order valence-corrected chi connectivity index (χ4v) is 1.76. The Morgan fingerprint density at radius 3 is 2.72 bits per heavy atom. The van der Waals surface area contributed by atoms with Crippen LogP contribution in [0.2, 0.25) is 0 Å². The van der Waals surface area contributed by atoms with Crippen LogP contribution in [0, 0.1) is 5.82 Å². The Kier molecular flexibility index (Phi) is 3.95. The van der Waals surface area contributed by atoms with Crippen LogP contribution in [0.5, 0.6) is 11.5 Å².